The van der Waals surface area contributed by atoms with Crippen molar-refractivity contribution in [3.05, 3.63) is 11.4 Å². The summed E-state index contributed by atoms with van der Waals surface area (Å²) in [4.78, 5) is 6.73. The smallest absolute Gasteiger partial charge is 0.245 e. The molecule has 1 aliphatic heterocycles. The first-order valence-corrected chi connectivity index (χ1v) is 6.88. The molecule has 2 heterocycles. The number of hydrogen-bond donors (Lipinski definition) is 1. The summed E-state index contributed by atoms with van der Waals surface area (Å²) in [6, 6.07) is 0. The topological polar surface area (TPSA) is 67.9 Å². The quantitative estimate of drug-likeness (QED) is 0.852. The van der Waals surface area contributed by atoms with Crippen molar-refractivity contribution >= 4 is 5.95 Å². The molecule has 100 valence electrons. The molecule has 0 aromatic carbocycles. The molecule has 1 aromatic rings. The Morgan fingerprint density at radius 3 is 2.33 bits per heavy atom. The fraction of sp³-hybridized carbons (Fsp3) is 0.769. The van der Waals surface area contributed by atoms with Crippen molar-refractivity contribution in [2.75, 3.05) is 18.0 Å². The third-order valence-corrected chi connectivity index (χ3v) is 3.54. The molecule has 0 saturated carbocycles. The summed E-state index contributed by atoms with van der Waals surface area (Å²) < 4.78 is 0. The van der Waals surface area contributed by atoms with Crippen LogP contribution in [0.2, 0.25) is 0 Å². The van der Waals surface area contributed by atoms with Crippen molar-refractivity contribution in [3.63, 3.8) is 0 Å². The first-order chi connectivity index (χ1) is 8.61. The van der Waals surface area contributed by atoms with Crippen LogP contribution >= 0.6 is 0 Å². The maximum absolute atomic E-state index is 6.25. The van der Waals surface area contributed by atoms with Gasteiger partial charge in [-0.3, -0.25) is 0 Å². The van der Waals surface area contributed by atoms with E-state index in [9.17, 15) is 0 Å². The zero-order valence-corrected chi connectivity index (χ0v) is 11.6. The van der Waals surface area contributed by atoms with Crippen LogP contribution in [0.15, 0.2) is 0 Å². The van der Waals surface area contributed by atoms with Gasteiger partial charge in [0.15, 0.2) is 0 Å². The zero-order valence-electron chi connectivity index (χ0n) is 11.6. The summed E-state index contributed by atoms with van der Waals surface area (Å²) in [5, 5.41) is 8.48. The first kappa shape index (κ1) is 13.2. The van der Waals surface area contributed by atoms with Gasteiger partial charge in [-0.1, -0.05) is 27.2 Å². The number of hydrogen-bond acceptors (Lipinski definition) is 5. The van der Waals surface area contributed by atoms with Gasteiger partial charge in [0, 0.05) is 13.1 Å². The average Bonchev–Trinajstić information content (AvgIpc) is 2.35. The predicted molar refractivity (Wildman–Crippen MR) is 72.6 cm³/mol. The molecule has 1 aromatic heterocycles. The van der Waals surface area contributed by atoms with Gasteiger partial charge in [0.1, 0.15) is 0 Å². The molecule has 0 bridgehead atoms. The second-order valence-electron chi connectivity index (χ2n) is 5.18. The van der Waals surface area contributed by atoms with Crippen molar-refractivity contribution in [1.29, 1.82) is 0 Å². The Labute approximate surface area is 109 Å². The molecule has 0 radical (unpaired) electrons. The molecule has 0 atom stereocenters. The van der Waals surface area contributed by atoms with Gasteiger partial charge in [-0.25, -0.2) is 4.98 Å². The fourth-order valence-electron chi connectivity index (χ4n) is 2.57. The molecular formula is C13H23N5. The van der Waals surface area contributed by atoms with Crippen LogP contribution in [0.4, 0.5) is 5.95 Å². The SMILES string of the molecule is CCCC1(N)CN(c2nnc(CC)c(CC)n2)C1. The first-order valence-electron chi connectivity index (χ1n) is 6.88. The maximum Gasteiger partial charge on any atom is 0.245 e. The number of aromatic nitrogens is 3. The number of aryl methyl sites for hydroxylation is 2. The maximum atomic E-state index is 6.25. The third kappa shape index (κ3) is 2.46. The van der Waals surface area contributed by atoms with Crippen LogP contribution in [0.25, 0.3) is 0 Å². The van der Waals surface area contributed by atoms with Crippen molar-refractivity contribution < 1.29 is 0 Å². The van der Waals surface area contributed by atoms with E-state index >= 15 is 0 Å². The van der Waals surface area contributed by atoms with E-state index in [1.54, 1.807) is 0 Å². The van der Waals surface area contributed by atoms with Gasteiger partial charge < -0.3 is 10.6 Å². The normalized spacial score (nSPS) is 17.7. The highest BCUT2D eigenvalue weighted by Crippen LogP contribution is 2.26. The van der Waals surface area contributed by atoms with Crippen molar-refractivity contribution in [3.8, 4) is 0 Å². The zero-order chi connectivity index (χ0) is 13.2. The van der Waals surface area contributed by atoms with E-state index in [4.69, 9.17) is 5.73 Å². The standard InChI is InChI=1S/C13H23N5/c1-4-7-13(14)8-18(9-13)12-15-10(5-2)11(6-3)16-17-12/h4-9,14H2,1-3H3. The van der Waals surface area contributed by atoms with Crippen LogP contribution in [-0.2, 0) is 12.8 Å². The molecule has 1 aliphatic rings. The van der Waals surface area contributed by atoms with E-state index in [2.05, 4.69) is 40.9 Å². The van der Waals surface area contributed by atoms with Crippen LogP contribution in [0, 0.1) is 0 Å². The molecule has 5 nitrogen and oxygen atoms in total. The average molecular weight is 249 g/mol. The molecule has 0 unspecified atom stereocenters. The van der Waals surface area contributed by atoms with Gasteiger partial charge in [-0.2, -0.15) is 5.10 Å². The monoisotopic (exact) mass is 249 g/mol. The van der Waals surface area contributed by atoms with Crippen LogP contribution in [0.1, 0.15) is 45.0 Å². The lowest BCUT2D eigenvalue weighted by Crippen LogP contribution is -2.67. The van der Waals surface area contributed by atoms with Crippen LogP contribution in [-0.4, -0.2) is 33.8 Å². The predicted octanol–water partition coefficient (Wildman–Crippen LogP) is 1.31. The molecule has 0 aliphatic carbocycles. The second kappa shape index (κ2) is 5.18. The lowest BCUT2D eigenvalue weighted by atomic mass is 9.87. The molecule has 0 amide bonds. The van der Waals surface area contributed by atoms with Crippen molar-refractivity contribution in [2.45, 2.75) is 52.0 Å². The van der Waals surface area contributed by atoms with Gasteiger partial charge in [0.2, 0.25) is 5.95 Å². The summed E-state index contributed by atoms with van der Waals surface area (Å²) in [7, 11) is 0. The molecule has 2 rings (SSSR count). The number of nitrogens with zero attached hydrogens (tertiary/aromatic N) is 4. The van der Waals surface area contributed by atoms with Gasteiger partial charge in [-0.05, 0) is 19.3 Å². The van der Waals surface area contributed by atoms with E-state index in [0.717, 1.165) is 56.1 Å². The second-order valence-corrected chi connectivity index (χ2v) is 5.18. The van der Waals surface area contributed by atoms with Crippen LogP contribution in [0.3, 0.4) is 0 Å². The highest BCUT2D eigenvalue weighted by atomic mass is 15.4. The molecule has 0 spiro atoms. The Hall–Kier alpha value is -1.23. The van der Waals surface area contributed by atoms with E-state index in [-0.39, 0.29) is 5.54 Å². The van der Waals surface area contributed by atoms with Crippen LogP contribution < -0.4 is 10.6 Å². The summed E-state index contributed by atoms with van der Waals surface area (Å²) in [5.41, 5.74) is 8.27. The van der Waals surface area contributed by atoms with Gasteiger partial charge >= 0.3 is 0 Å². The van der Waals surface area contributed by atoms with E-state index in [1.807, 2.05) is 0 Å². The van der Waals surface area contributed by atoms with E-state index < -0.39 is 0 Å². The lowest BCUT2D eigenvalue weighted by Gasteiger charge is -2.47. The third-order valence-electron chi connectivity index (χ3n) is 3.54. The Bertz CT molecular complexity index is 412. The molecule has 1 fully saturated rings. The van der Waals surface area contributed by atoms with Crippen LogP contribution in [0.5, 0.6) is 0 Å². The Balaban J connectivity index is 2.08. The van der Waals surface area contributed by atoms with Crippen molar-refractivity contribution in [1.82, 2.24) is 15.2 Å². The Morgan fingerprint density at radius 2 is 1.78 bits per heavy atom. The molecule has 5 heteroatoms. The van der Waals surface area contributed by atoms with E-state index in [0.29, 0.717) is 0 Å². The van der Waals surface area contributed by atoms with Crippen molar-refractivity contribution in [2.24, 2.45) is 5.73 Å². The minimum Gasteiger partial charge on any atom is -0.336 e. The molecule has 18 heavy (non-hydrogen) atoms. The largest absolute Gasteiger partial charge is 0.336 e. The molecule has 2 N–H and O–H groups in total. The van der Waals surface area contributed by atoms with Gasteiger partial charge in [0.25, 0.3) is 0 Å². The number of anilines is 1. The van der Waals surface area contributed by atoms with E-state index in [1.165, 1.54) is 0 Å². The molecule has 1 saturated heterocycles. The summed E-state index contributed by atoms with van der Waals surface area (Å²) in [6.07, 6.45) is 3.98. The highest BCUT2D eigenvalue weighted by molar-refractivity contribution is 5.38. The minimum atomic E-state index is -0.0477. The Kier molecular flexibility index (Phi) is 3.80. The molecular weight excluding hydrogens is 226 g/mol. The van der Waals surface area contributed by atoms with Gasteiger partial charge in [-0.15, -0.1) is 5.10 Å². The lowest BCUT2D eigenvalue weighted by molar-refractivity contribution is 0.303. The number of rotatable bonds is 5. The number of nitrogens with two attached hydrogens (primary N) is 1. The summed E-state index contributed by atoms with van der Waals surface area (Å²) in [6.45, 7) is 8.04. The fourth-order valence-corrected chi connectivity index (χ4v) is 2.57. The van der Waals surface area contributed by atoms with Gasteiger partial charge in [0.05, 0.1) is 16.9 Å². The highest BCUT2D eigenvalue weighted by Gasteiger charge is 2.40. The summed E-state index contributed by atoms with van der Waals surface area (Å²) in [5.74, 6) is 0.737. The summed E-state index contributed by atoms with van der Waals surface area (Å²) >= 11 is 0. The minimum absolute atomic E-state index is 0.0477. The Morgan fingerprint density at radius 1 is 1.11 bits per heavy atom.